The SMILES string of the molecule is CCCn1cc(S(=O)(=O)N2[C@H](C)CCC[C@@H]2C)cc1CO. The summed E-state index contributed by atoms with van der Waals surface area (Å²) in [6, 6.07) is 1.68. The Morgan fingerprint density at radius 3 is 2.43 bits per heavy atom. The summed E-state index contributed by atoms with van der Waals surface area (Å²) in [4.78, 5) is 0.306. The second-order valence-corrected chi connectivity index (χ2v) is 7.83. The van der Waals surface area contributed by atoms with Gasteiger partial charge in [0.05, 0.1) is 6.61 Å². The Labute approximate surface area is 127 Å². The molecule has 6 heteroatoms. The number of aromatic nitrogens is 1. The van der Waals surface area contributed by atoms with E-state index >= 15 is 0 Å². The Morgan fingerprint density at radius 1 is 1.29 bits per heavy atom. The molecule has 0 unspecified atom stereocenters. The van der Waals surface area contributed by atoms with Crippen molar-refractivity contribution < 1.29 is 13.5 Å². The number of sulfonamides is 1. The number of hydrogen-bond acceptors (Lipinski definition) is 3. The first kappa shape index (κ1) is 16.5. The predicted octanol–water partition coefficient (Wildman–Crippen LogP) is 2.34. The highest BCUT2D eigenvalue weighted by Gasteiger charge is 2.36. The maximum Gasteiger partial charge on any atom is 0.245 e. The number of nitrogens with zero attached hydrogens (tertiary/aromatic N) is 2. The van der Waals surface area contributed by atoms with Crippen LogP contribution >= 0.6 is 0 Å². The number of aliphatic hydroxyl groups is 1. The molecule has 1 saturated heterocycles. The van der Waals surface area contributed by atoms with Crippen LogP contribution in [0.4, 0.5) is 0 Å². The lowest BCUT2D eigenvalue weighted by Crippen LogP contribution is -2.47. The van der Waals surface area contributed by atoms with Gasteiger partial charge < -0.3 is 9.67 Å². The van der Waals surface area contributed by atoms with E-state index in [1.165, 1.54) is 0 Å². The molecule has 0 aliphatic carbocycles. The molecule has 0 radical (unpaired) electrons. The number of hydrogen-bond donors (Lipinski definition) is 1. The van der Waals surface area contributed by atoms with Crippen LogP contribution in [-0.4, -0.2) is 34.5 Å². The highest BCUT2D eigenvalue weighted by Crippen LogP contribution is 2.30. The molecule has 2 heterocycles. The molecule has 1 fully saturated rings. The van der Waals surface area contributed by atoms with Gasteiger partial charge in [-0.2, -0.15) is 4.31 Å². The third kappa shape index (κ3) is 3.17. The zero-order valence-electron chi connectivity index (χ0n) is 13.1. The first-order valence-corrected chi connectivity index (χ1v) is 9.19. The Bertz CT molecular complexity index is 570. The number of piperidine rings is 1. The smallest absolute Gasteiger partial charge is 0.245 e. The molecule has 0 saturated carbocycles. The van der Waals surface area contributed by atoms with Crippen molar-refractivity contribution in [1.82, 2.24) is 8.87 Å². The van der Waals surface area contributed by atoms with Crippen molar-refractivity contribution in [3.05, 3.63) is 18.0 Å². The zero-order valence-corrected chi connectivity index (χ0v) is 13.9. The third-order valence-corrected chi connectivity index (χ3v) is 6.37. The number of aliphatic hydroxyl groups excluding tert-OH is 1. The van der Waals surface area contributed by atoms with E-state index in [-0.39, 0.29) is 18.7 Å². The van der Waals surface area contributed by atoms with Gasteiger partial charge in [-0.1, -0.05) is 13.3 Å². The standard InChI is InChI=1S/C15H26N2O3S/c1-4-8-16-10-15(9-14(16)11-18)21(19,20)17-12(2)6-5-7-13(17)3/h9-10,12-13,18H,4-8,11H2,1-3H3/t12-,13+. The van der Waals surface area contributed by atoms with Gasteiger partial charge in [0.15, 0.2) is 0 Å². The summed E-state index contributed by atoms with van der Waals surface area (Å²) in [5.41, 5.74) is 0.660. The van der Waals surface area contributed by atoms with E-state index in [2.05, 4.69) is 0 Å². The Morgan fingerprint density at radius 2 is 1.90 bits per heavy atom. The molecule has 0 bridgehead atoms. The Hall–Kier alpha value is -0.850. The molecule has 2 rings (SSSR count). The fourth-order valence-corrected chi connectivity index (χ4v) is 5.19. The van der Waals surface area contributed by atoms with Gasteiger partial charge in [0, 0.05) is 30.5 Å². The molecule has 0 spiro atoms. The van der Waals surface area contributed by atoms with Gasteiger partial charge in [0.1, 0.15) is 4.90 Å². The van der Waals surface area contributed by atoms with Gasteiger partial charge in [0.25, 0.3) is 0 Å². The molecular formula is C15H26N2O3S. The summed E-state index contributed by atoms with van der Waals surface area (Å²) in [6.45, 7) is 6.56. The van der Waals surface area contributed by atoms with Gasteiger partial charge >= 0.3 is 0 Å². The Balaban J connectivity index is 2.38. The molecule has 5 nitrogen and oxygen atoms in total. The van der Waals surface area contributed by atoms with E-state index in [4.69, 9.17) is 0 Å². The molecule has 1 aromatic rings. The molecule has 0 aromatic carbocycles. The second kappa shape index (κ2) is 6.50. The number of aryl methyl sites for hydroxylation is 1. The molecule has 120 valence electrons. The average Bonchev–Trinajstić information content (AvgIpc) is 2.82. The van der Waals surface area contributed by atoms with E-state index < -0.39 is 10.0 Å². The topological polar surface area (TPSA) is 62.5 Å². The van der Waals surface area contributed by atoms with Crippen LogP contribution in [0.3, 0.4) is 0 Å². The lowest BCUT2D eigenvalue weighted by molar-refractivity contribution is 0.204. The van der Waals surface area contributed by atoms with Gasteiger partial charge in [-0.25, -0.2) is 8.42 Å². The molecule has 2 atom stereocenters. The minimum Gasteiger partial charge on any atom is -0.390 e. The van der Waals surface area contributed by atoms with Crippen LogP contribution in [0, 0.1) is 0 Å². The lowest BCUT2D eigenvalue weighted by atomic mass is 10.0. The summed E-state index contributed by atoms with van der Waals surface area (Å²) < 4.78 is 29.3. The van der Waals surface area contributed by atoms with Crippen LogP contribution < -0.4 is 0 Å². The van der Waals surface area contributed by atoms with Gasteiger partial charge in [0.2, 0.25) is 10.0 Å². The fourth-order valence-electron chi connectivity index (χ4n) is 3.24. The van der Waals surface area contributed by atoms with Crippen molar-refractivity contribution in [1.29, 1.82) is 0 Å². The van der Waals surface area contributed by atoms with Crippen molar-refractivity contribution in [2.45, 2.75) is 76.6 Å². The fraction of sp³-hybridized carbons (Fsp3) is 0.733. The van der Waals surface area contributed by atoms with E-state index in [1.807, 2.05) is 25.3 Å². The normalized spacial score (nSPS) is 24.4. The third-order valence-electron chi connectivity index (χ3n) is 4.28. The Kier molecular flexibility index (Phi) is 5.11. The summed E-state index contributed by atoms with van der Waals surface area (Å²) in [5, 5.41) is 9.41. The van der Waals surface area contributed by atoms with E-state index in [0.717, 1.165) is 32.2 Å². The van der Waals surface area contributed by atoms with Crippen LogP contribution in [-0.2, 0) is 23.2 Å². The van der Waals surface area contributed by atoms with Gasteiger partial charge in [-0.15, -0.1) is 0 Å². The van der Waals surface area contributed by atoms with Crippen molar-refractivity contribution in [3.63, 3.8) is 0 Å². The van der Waals surface area contributed by atoms with Crippen molar-refractivity contribution >= 4 is 10.0 Å². The van der Waals surface area contributed by atoms with Gasteiger partial charge in [-0.3, -0.25) is 0 Å². The monoisotopic (exact) mass is 314 g/mol. The summed E-state index contributed by atoms with van der Waals surface area (Å²) >= 11 is 0. The summed E-state index contributed by atoms with van der Waals surface area (Å²) in [7, 11) is -3.49. The van der Waals surface area contributed by atoms with Crippen molar-refractivity contribution in [2.24, 2.45) is 0 Å². The minimum atomic E-state index is -3.49. The molecule has 21 heavy (non-hydrogen) atoms. The quantitative estimate of drug-likeness (QED) is 0.907. The number of rotatable bonds is 5. The first-order valence-electron chi connectivity index (χ1n) is 7.75. The second-order valence-electron chi connectivity index (χ2n) is 5.98. The van der Waals surface area contributed by atoms with E-state index in [9.17, 15) is 13.5 Å². The van der Waals surface area contributed by atoms with E-state index in [0.29, 0.717) is 10.6 Å². The molecule has 1 aliphatic heterocycles. The summed E-state index contributed by atoms with van der Waals surface area (Å²) in [5.74, 6) is 0. The van der Waals surface area contributed by atoms with E-state index in [1.54, 1.807) is 16.6 Å². The zero-order chi connectivity index (χ0) is 15.6. The van der Waals surface area contributed by atoms with Crippen molar-refractivity contribution in [3.8, 4) is 0 Å². The lowest BCUT2D eigenvalue weighted by Gasteiger charge is -2.37. The van der Waals surface area contributed by atoms with Crippen LogP contribution in [0.2, 0.25) is 0 Å². The maximum atomic E-state index is 12.9. The largest absolute Gasteiger partial charge is 0.390 e. The highest BCUT2D eigenvalue weighted by atomic mass is 32.2. The molecule has 1 aliphatic rings. The molecule has 1 aromatic heterocycles. The maximum absolute atomic E-state index is 12.9. The van der Waals surface area contributed by atoms with Crippen LogP contribution in [0.15, 0.2) is 17.2 Å². The molecule has 1 N–H and O–H groups in total. The summed E-state index contributed by atoms with van der Waals surface area (Å²) in [6.07, 6.45) is 5.46. The van der Waals surface area contributed by atoms with Crippen LogP contribution in [0.25, 0.3) is 0 Å². The highest BCUT2D eigenvalue weighted by molar-refractivity contribution is 7.89. The van der Waals surface area contributed by atoms with Crippen molar-refractivity contribution in [2.75, 3.05) is 0 Å². The predicted molar refractivity (Wildman–Crippen MR) is 82.4 cm³/mol. The van der Waals surface area contributed by atoms with Crippen LogP contribution in [0.5, 0.6) is 0 Å². The minimum absolute atomic E-state index is 0.0332. The first-order chi connectivity index (χ1) is 9.91. The molecule has 0 amide bonds. The average molecular weight is 314 g/mol. The molecular weight excluding hydrogens is 288 g/mol. The van der Waals surface area contributed by atoms with Crippen LogP contribution in [0.1, 0.15) is 52.1 Å². The van der Waals surface area contributed by atoms with Gasteiger partial charge in [-0.05, 0) is 39.2 Å².